The average Bonchev–Trinajstić information content (AvgIpc) is 2.55. The third kappa shape index (κ3) is 4.70. The first-order valence-corrected chi connectivity index (χ1v) is 9.08. The van der Waals surface area contributed by atoms with E-state index in [-0.39, 0.29) is 18.1 Å². The van der Waals surface area contributed by atoms with E-state index >= 15 is 0 Å². The Morgan fingerprint density at radius 2 is 1.57 bits per heavy atom. The van der Waals surface area contributed by atoms with Crippen molar-refractivity contribution in [3.05, 3.63) is 29.3 Å². The topological polar surface area (TPSA) is 76.7 Å². The molecule has 6 nitrogen and oxygen atoms in total. The Balaban J connectivity index is 1.35. The van der Waals surface area contributed by atoms with Gasteiger partial charge in [-0.3, -0.25) is 9.59 Å². The van der Waals surface area contributed by atoms with Crippen molar-refractivity contribution in [2.24, 2.45) is 0 Å². The lowest BCUT2D eigenvalue weighted by atomic mass is 9.44. The fourth-order valence-electron chi connectivity index (χ4n) is 3.69. The number of rotatable bonds is 8. The van der Waals surface area contributed by atoms with Gasteiger partial charge < -0.3 is 20.1 Å². The molecule has 28 heavy (non-hydrogen) atoms. The summed E-state index contributed by atoms with van der Waals surface area (Å²) < 4.78 is 47.0. The van der Waals surface area contributed by atoms with Gasteiger partial charge in [-0.1, -0.05) is 11.6 Å². The molecule has 2 bridgehead atoms. The molecule has 0 radical (unpaired) electrons. The smallest absolute Gasteiger partial charge is 0.414 e. The van der Waals surface area contributed by atoms with Crippen LogP contribution < -0.4 is 15.4 Å². The zero-order valence-electron chi connectivity index (χ0n) is 15.1. The maximum atomic E-state index is 12.4. The van der Waals surface area contributed by atoms with Crippen LogP contribution in [0.15, 0.2) is 24.3 Å². The summed E-state index contributed by atoms with van der Waals surface area (Å²) in [6, 6.07) is 6.62. The Morgan fingerprint density at radius 1 is 1.07 bits per heavy atom. The summed E-state index contributed by atoms with van der Waals surface area (Å²) in [6.07, 6.45) is -4.90. The molecule has 2 N–H and O–H groups in total. The van der Waals surface area contributed by atoms with E-state index in [0.29, 0.717) is 30.0 Å². The Kier molecular flexibility index (Phi) is 5.51. The molecule has 1 aromatic rings. The molecule has 0 saturated heterocycles. The molecule has 0 heterocycles. The molecule has 0 aromatic heterocycles. The normalized spacial score (nSPS) is 26.5. The second-order valence-electron chi connectivity index (χ2n) is 7.42. The van der Waals surface area contributed by atoms with Gasteiger partial charge in [0.25, 0.3) is 5.91 Å². The molecule has 1 aromatic carbocycles. The summed E-state index contributed by atoms with van der Waals surface area (Å²) in [5.41, 5.74) is -0.847. The minimum absolute atomic E-state index is 0.147. The maximum Gasteiger partial charge on any atom is 0.414 e. The number of amides is 2. The number of nitrogens with one attached hydrogen (secondary N) is 2. The van der Waals surface area contributed by atoms with Crippen LogP contribution in [0.3, 0.4) is 0 Å². The summed E-state index contributed by atoms with van der Waals surface area (Å²) in [5, 5.41) is 6.15. The van der Waals surface area contributed by atoms with E-state index in [1.807, 2.05) is 0 Å². The third-order valence-electron chi connectivity index (χ3n) is 4.95. The van der Waals surface area contributed by atoms with E-state index in [9.17, 15) is 22.8 Å². The number of carbonyl (C=O) groups is 2. The standard InChI is InChI=1S/C18H20ClF3N2O4/c1-11(18(20,21)22)27-6-14(25)23-16-8-17(9-16,10-16)24-15(26)7-28-13-4-2-12(19)3-5-13/h2-5,11H,6-10H2,1H3,(H,23,25)(H,24,26). The summed E-state index contributed by atoms with van der Waals surface area (Å²) in [6.45, 7) is 0.0492. The van der Waals surface area contributed by atoms with Gasteiger partial charge in [-0.15, -0.1) is 0 Å². The maximum absolute atomic E-state index is 12.4. The van der Waals surface area contributed by atoms with Crippen LogP contribution in [-0.4, -0.2) is 48.4 Å². The molecule has 4 rings (SSSR count). The Labute approximate surface area is 164 Å². The van der Waals surface area contributed by atoms with Crippen molar-refractivity contribution in [3.63, 3.8) is 0 Å². The summed E-state index contributed by atoms with van der Waals surface area (Å²) in [7, 11) is 0. The number of hydrogen-bond donors (Lipinski definition) is 2. The predicted molar refractivity (Wildman–Crippen MR) is 94.0 cm³/mol. The molecule has 3 saturated carbocycles. The second-order valence-corrected chi connectivity index (χ2v) is 7.86. The Hall–Kier alpha value is -2.00. The van der Waals surface area contributed by atoms with Crippen molar-refractivity contribution >= 4 is 23.4 Å². The van der Waals surface area contributed by atoms with Crippen LogP contribution in [0, 0.1) is 0 Å². The van der Waals surface area contributed by atoms with Crippen molar-refractivity contribution < 1.29 is 32.2 Å². The largest absolute Gasteiger partial charge is 0.484 e. The van der Waals surface area contributed by atoms with Crippen LogP contribution >= 0.6 is 11.6 Å². The zero-order chi connectivity index (χ0) is 20.6. The first-order chi connectivity index (χ1) is 13.0. The molecular formula is C18H20ClF3N2O4. The third-order valence-corrected chi connectivity index (χ3v) is 5.20. The zero-order valence-corrected chi connectivity index (χ0v) is 15.8. The molecule has 0 spiro atoms. The molecule has 154 valence electrons. The highest BCUT2D eigenvalue weighted by Crippen LogP contribution is 2.60. The minimum Gasteiger partial charge on any atom is -0.484 e. The first-order valence-electron chi connectivity index (χ1n) is 8.70. The van der Waals surface area contributed by atoms with Gasteiger partial charge in [-0.25, -0.2) is 0 Å². The number of ether oxygens (including phenoxy) is 2. The molecule has 10 heteroatoms. The van der Waals surface area contributed by atoms with Gasteiger partial charge in [0.15, 0.2) is 12.7 Å². The van der Waals surface area contributed by atoms with Crippen LogP contribution in [0.5, 0.6) is 5.75 Å². The van der Waals surface area contributed by atoms with Crippen LogP contribution in [0.25, 0.3) is 0 Å². The molecule has 0 aliphatic heterocycles. The quantitative estimate of drug-likeness (QED) is 0.677. The highest BCUT2D eigenvalue weighted by molar-refractivity contribution is 6.30. The molecule has 3 aliphatic carbocycles. The number of alkyl halides is 3. The van der Waals surface area contributed by atoms with Gasteiger partial charge in [-0.2, -0.15) is 13.2 Å². The van der Waals surface area contributed by atoms with Crippen molar-refractivity contribution in [2.75, 3.05) is 13.2 Å². The van der Waals surface area contributed by atoms with Crippen molar-refractivity contribution in [1.29, 1.82) is 0 Å². The van der Waals surface area contributed by atoms with Gasteiger partial charge in [0.1, 0.15) is 12.4 Å². The molecule has 1 unspecified atom stereocenters. The van der Waals surface area contributed by atoms with E-state index in [0.717, 1.165) is 6.92 Å². The SMILES string of the molecule is CC(OCC(=O)NC12CC(NC(=O)COc3ccc(Cl)cc3)(C1)C2)C(F)(F)F. The molecule has 3 fully saturated rings. The summed E-state index contributed by atoms with van der Waals surface area (Å²) in [5.74, 6) is -0.354. The monoisotopic (exact) mass is 420 g/mol. The van der Waals surface area contributed by atoms with Gasteiger partial charge in [0, 0.05) is 16.1 Å². The molecular weight excluding hydrogens is 401 g/mol. The number of hydrogen-bond acceptors (Lipinski definition) is 4. The molecule has 2 amide bonds. The minimum atomic E-state index is -4.50. The highest BCUT2D eigenvalue weighted by Gasteiger charge is 2.69. The van der Waals surface area contributed by atoms with Crippen LogP contribution in [-0.2, 0) is 14.3 Å². The Morgan fingerprint density at radius 3 is 2.07 bits per heavy atom. The number of halogens is 4. The Bertz CT molecular complexity index is 734. The number of carbonyl (C=O) groups excluding carboxylic acids is 2. The average molecular weight is 421 g/mol. The summed E-state index contributed by atoms with van der Waals surface area (Å²) >= 11 is 5.77. The van der Waals surface area contributed by atoms with Crippen molar-refractivity contribution in [3.8, 4) is 5.75 Å². The number of benzene rings is 1. The highest BCUT2D eigenvalue weighted by atomic mass is 35.5. The van der Waals surface area contributed by atoms with Gasteiger partial charge in [0.05, 0.1) is 0 Å². The second kappa shape index (κ2) is 7.44. The van der Waals surface area contributed by atoms with Gasteiger partial charge in [-0.05, 0) is 50.5 Å². The van der Waals surface area contributed by atoms with Crippen molar-refractivity contribution in [1.82, 2.24) is 10.6 Å². The van der Waals surface area contributed by atoms with E-state index in [4.69, 9.17) is 16.3 Å². The van der Waals surface area contributed by atoms with Crippen LogP contribution in [0.2, 0.25) is 5.02 Å². The molecule has 3 aliphatic rings. The van der Waals surface area contributed by atoms with Gasteiger partial charge >= 0.3 is 6.18 Å². The van der Waals surface area contributed by atoms with Gasteiger partial charge in [0.2, 0.25) is 5.91 Å². The lowest BCUT2D eigenvalue weighted by Gasteiger charge is -2.70. The lowest BCUT2D eigenvalue weighted by molar-refractivity contribution is -0.214. The fraction of sp³-hybridized carbons (Fsp3) is 0.556. The van der Waals surface area contributed by atoms with E-state index < -0.39 is 30.3 Å². The van der Waals surface area contributed by atoms with E-state index in [1.165, 1.54) is 0 Å². The lowest BCUT2D eigenvalue weighted by Crippen LogP contribution is -2.84. The van der Waals surface area contributed by atoms with Crippen LogP contribution in [0.4, 0.5) is 13.2 Å². The van der Waals surface area contributed by atoms with E-state index in [2.05, 4.69) is 15.4 Å². The summed E-state index contributed by atoms with van der Waals surface area (Å²) in [4.78, 5) is 23.8. The fourth-order valence-corrected chi connectivity index (χ4v) is 3.82. The van der Waals surface area contributed by atoms with Crippen molar-refractivity contribution in [2.45, 2.75) is 49.5 Å². The first kappa shape index (κ1) is 20.7. The predicted octanol–water partition coefficient (Wildman–Crippen LogP) is 2.59. The van der Waals surface area contributed by atoms with Crippen LogP contribution in [0.1, 0.15) is 26.2 Å². The molecule has 1 atom stereocenters. The van der Waals surface area contributed by atoms with E-state index in [1.54, 1.807) is 24.3 Å².